The average Bonchev–Trinajstić information content (AvgIpc) is 3.32. The Labute approximate surface area is 147 Å². The van der Waals surface area contributed by atoms with E-state index in [4.69, 9.17) is 4.52 Å². The second-order valence-electron chi connectivity index (χ2n) is 6.67. The molecule has 7 heteroatoms. The largest absolute Gasteiger partial charge is 0.338 e. The first kappa shape index (κ1) is 17.5. The van der Waals surface area contributed by atoms with Gasteiger partial charge in [-0.1, -0.05) is 55.9 Å². The molecule has 2 aromatic heterocycles. The molecular formula is C17H27N5OS. The van der Waals surface area contributed by atoms with Crippen LogP contribution >= 0.6 is 11.8 Å². The Bertz CT molecular complexity index is 620. The summed E-state index contributed by atoms with van der Waals surface area (Å²) in [5.41, 5.74) is 0. The molecule has 132 valence electrons. The number of nitrogens with one attached hydrogen (secondary N) is 1. The molecule has 1 atom stereocenters. The van der Waals surface area contributed by atoms with Crippen LogP contribution in [0.15, 0.2) is 9.68 Å². The molecule has 0 amide bonds. The maximum atomic E-state index is 5.37. The first-order valence-electron chi connectivity index (χ1n) is 9.15. The minimum atomic E-state index is 0.0614. The van der Waals surface area contributed by atoms with Crippen molar-refractivity contribution in [3.05, 3.63) is 17.5 Å². The molecule has 0 aromatic carbocycles. The van der Waals surface area contributed by atoms with E-state index in [1.807, 2.05) is 0 Å². The van der Waals surface area contributed by atoms with E-state index in [-0.39, 0.29) is 5.25 Å². The first-order valence-corrected chi connectivity index (χ1v) is 10.0. The van der Waals surface area contributed by atoms with E-state index < -0.39 is 0 Å². The third kappa shape index (κ3) is 4.82. The van der Waals surface area contributed by atoms with Gasteiger partial charge in [0.25, 0.3) is 0 Å². The van der Waals surface area contributed by atoms with Crippen LogP contribution in [0.5, 0.6) is 0 Å². The molecule has 0 bridgehead atoms. The van der Waals surface area contributed by atoms with Gasteiger partial charge in [0.2, 0.25) is 11.0 Å². The number of H-pyrrole nitrogens is 1. The number of hydrogen-bond donors (Lipinski definition) is 1. The first-order chi connectivity index (χ1) is 11.7. The molecule has 0 saturated heterocycles. The highest BCUT2D eigenvalue weighted by Gasteiger charge is 2.19. The molecule has 6 nitrogen and oxygen atoms in total. The lowest BCUT2D eigenvalue weighted by atomic mass is 10.0. The molecule has 1 aliphatic carbocycles. The van der Waals surface area contributed by atoms with E-state index in [9.17, 15) is 0 Å². The zero-order valence-electron chi connectivity index (χ0n) is 14.6. The zero-order chi connectivity index (χ0) is 16.8. The average molecular weight is 350 g/mol. The van der Waals surface area contributed by atoms with Crippen LogP contribution in [-0.2, 0) is 12.8 Å². The van der Waals surface area contributed by atoms with Crippen molar-refractivity contribution in [2.24, 2.45) is 5.92 Å². The van der Waals surface area contributed by atoms with E-state index in [1.165, 1.54) is 32.1 Å². The highest BCUT2D eigenvalue weighted by Crippen LogP contribution is 2.32. The molecule has 1 unspecified atom stereocenters. The summed E-state index contributed by atoms with van der Waals surface area (Å²) in [6.07, 6.45) is 10.9. The highest BCUT2D eigenvalue weighted by atomic mass is 32.2. The quantitative estimate of drug-likeness (QED) is 0.671. The topological polar surface area (TPSA) is 80.5 Å². The normalized spacial score (nSPS) is 16.8. The summed E-state index contributed by atoms with van der Waals surface area (Å²) < 4.78 is 5.37. The predicted molar refractivity (Wildman–Crippen MR) is 93.8 cm³/mol. The molecule has 24 heavy (non-hydrogen) atoms. The fraction of sp³-hybridized carbons (Fsp3) is 0.765. The molecule has 2 heterocycles. The van der Waals surface area contributed by atoms with Gasteiger partial charge < -0.3 is 4.52 Å². The van der Waals surface area contributed by atoms with Gasteiger partial charge in [0.15, 0.2) is 5.82 Å². The molecule has 0 aliphatic heterocycles. The number of aryl methyl sites for hydroxylation is 2. The summed E-state index contributed by atoms with van der Waals surface area (Å²) in [7, 11) is 0. The van der Waals surface area contributed by atoms with Crippen molar-refractivity contribution in [1.29, 1.82) is 0 Å². The Morgan fingerprint density at radius 1 is 1.25 bits per heavy atom. The summed E-state index contributed by atoms with van der Waals surface area (Å²) in [5, 5.41) is 12.3. The predicted octanol–water partition coefficient (Wildman–Crippen LogP) is 4.51. The van der Waals surface area contributed by atoms with Crippen molar-refractivity contribution in [3.63, 3.8) is 0 Å². The van der Waals surface area contributed by atoms with Crippen molar-refractivity contribution in [2.75, 3.05) is 0 Å². The lowest BCUT2D eigenvalue weighted by molar-refractivity contribution is 0.374. The number of thioether (sulfide) groups is 1. The van der Waals surface area contributed by atoms with Gasteiger partial charge in [-0.2, -0.15) is 4.98 Å². The van der Waals surface area contributed by atoms with E-state index in [2.05, 4.69) is 39.2 Å². The number of aromatic nitrogens is 5. The van der Waals surface area contributed by atoms with Crippen LogP contribution in [0.4, 0.5) is 0 Å². The molecule has 3 rings (SSSR count). The van der Waals surface area contributed by atoms with E-state index in [0.29, 0.717) is 5.89 Å². The van der Waals surface area contributed by atoms with Crippen LogP contribution in [0.1, 0.15) is 81.6 Å². The lowest BCUT2D eigenvalue weighted by Gasteiger charge is -2.05. The summed E-state index contributed by atoms with van der Waals surface area (Å²) in [6.45, 7) is 4.21. The van der Waals surface area contributed by atoms with Gasteiger partial charge >= 0.3 is 0 Å². The van der Waals surface area contributed by atoms with Gasteiger partial charge in [0.1, 0.15) is 5.82 Å². The van der Waals surface area contributed by atoms with Crippen molar-refractivity contribution in [2.45, 2.75) is 82.0 Å². The third-order valence-electron chi connectivity index (χ3n) is 4.64. The molecule has 1 saturated carbocycles. The van der Waals surface area contributed by atoms with Crippen molar-refractivity contribution < 1.29 is 4.52 Å². The summed E-state index contributed by atoms with van der Waals surface area (Å²) in [6, 6.07) is 0. The minimum Gasteiger partial charge on any atom is -0.338 e. The van der Waals surface area contributed by atoms with Crippen LogP contribution in [0.2, 0.25) is 0 Å². The molecule has 1 fully saturated rings. The molecule has 0 spiro atoms. The van der Waals surface area contributed by atoms with Crippen LogP contribution in [0.25, 0.3) is 0 Å². The second kappa shape index (κ2) is 8.65. The molecular weight excluding hydrogens is 322 g/mol. The van der Waals surface area contributed by atoms with E-state index in [0.717, 1.165) is 48.4 Å². The SMILES string of the molecule is CCCCc1noc(C(C)Sc2n[nH]c(CCC3CCCC3)n2)n1. The summed E-state index contributed by atoms with van der Waals surface area (Å²) >= 11 is 1.56. The number of rotatable bonds is 9. The van der Waals surface area contributed by atoms with Crippen LogP contribution in [-0.4, -0.2) is 25.3 Å². The Hall–Kier alpha value is -1.37. The van der Waals surface area contributed by atoms with Gasteiger partial charge in [-0.05, 0) is 25.7 Å². The summed E-state index contributed by atoms with van der Waals surface area (Å²) in [4.78, 5) is 9.07. The lowest BCUT2D eigenvalue weighted by Crippen LogP contribution is -1.97. The maximum Gasteiger partial charge on any atom is 0.239 e. The highest BCUT2D eigenvalue weighted by molar-refractivity contribution is 7.99. The smallest absolute Gasteiger partial charge is 0.239 e. The van der Waals surface area contributed by atoms with Crippen LogP contribution < -0.4 is 0 Å². The minimum absolute atomic E-state index is 0.0614. The Kier molecular flexibility index (Phi) is 6.29. The van der Waals surface area contributed by atoms with E-state index in [1.54, 1.807) is 11.8 Å². The molecule has 2 aromatic rings. The van der Waals surface area contributed by atoms with Crippen molar-refractivity contribution >= 4 is 11.8 Å². The zero-order valence-corrected chi connectivity index (χ0v) is 15.4. The van der Waals surface area contributed by atoms with Crippen molar-refractivity contribution in [3.8, 4) is 0 Å². The monoisotopic (exact) mass is 349 g/mol. The van der Waals surface area contributed by atoms with Crippen LogP contribution in [0.3, 0.4) is 0 Å². The fourth-order valence-corrected chi connectivity index (χ4v) is 3.93. The Morgan fingerprint density at radius 3 is 2.88 bits per heavy atom. The van der Waals surface area contributed by atoms with Gasteiger partial charge in [0.05, 0.1) is 5.25 Å². The summed E-state index contributed by atoms with van der Waals surface area (Å²) in [5.74, 6) is 3.32. The van der Waals surface area contributed by atoms with Crippen molar-refractivity contribution in [1.82, 2.24) is 25.3 Å². The molecule has 1 N–H and O–H groups in total. The van der Waals surface area contributed by atoms with Crippen LogP contribution in [0, 0.1) is 5.92 Å². The van der Waals surface area contributed by atoms with Gasteiger partial charge in [-0.3, -0.25) is 5.10 Å². The third-order valence-corrected chi connectivity index (χ3v) is 5.59. The Morgan fingerprint density at radius 2 is 2.08 bits per heavy atom. The van der Waals surface area contributed by atoms with Gasteiger partial charge in [0, 0.05) is 12.8 Å². The fourth-order valence-electron chi connectivity index (χ4n) is 3.16. The number of unbranched alkanes of at least 4 members (excludes halogenated alkanes) is 1. The van der Waals surface area contributed by atoms with Gasteiger partial charge in [-0.15, -0.1) is 5.10 Å². The van der Waals surface area contributed by atoms with E-state index >= 15 is 0 Å². The number of nitrogens with zero attached hydrogens (tertiary/aromatic N) is 4. The Balaban J connectivity index is 1.49. The molecule has 0 radical (unpaired) electrons. The standard InChI is InChI=1S/C17H27N5OS/c1-3-4-9-15-18-16(23-22-15)12(2)24-17-19-14(20-21-17)11-10-13-7-5-6-8-13/h12-13H,3-11H2,1-2H3,(H,19,20,21). The van der Waals surface area contributed by atoms with Gasteiger partial charge in [-0.25, -0.2) is 4.98 Å². The second-order valence-corrected chi connectivity index (χ2v) is 7.97. The molecule has 1 aliphatic rings. The number of aromatic amines is 1. The maximum absolute atomic E-state index is 5.37. The number of hydrogen-bond acceptors (Lipinski definition) is 6.